The topological polar surface area (TPSA) is 97.4 Å². The number of amides is 3. The molecule has 0 aliphatic carbocycles. The first kappa shape index (κ1) is 20.7. The predicted octanol–water partition coefficient (Wildman–Crippen LogP) is 3.74. The molecule has 2 N–H and O–H groups in total. The maximum absolute atomic E-state index is 13.5. The van der Waals surface area contributed by atoms with Crippen LogP contribution in [0.3, 0.4) is 0 Å². The summed E-state index contributed by atoms with van der Waals surface area (Å²) < 4.78 is 1.70. The first-order chi connectivity index (χ1) is 16.1. The van der Waals surface area contributed by atoms with E-state index in [4.69, 9.17) is 10.8 Å². The number of nitrogens with two attached hydrogens (primary N) is 1. The Balaban J connectivity index is 1.60. The van der Waals surface area contributed by atoms with Gasteiger partial charge in [0.2, 0.25) is 0 Å². The highest BCUT2D eigenvalue weighted by atomic mass is 16.2. The smallest absolute Gasteiger partial charge is 0.319 e. The maximum Gasteiger partial charge on any atom is 0.319 e. The molecule has 1 fully saturated rings. The van der Waals surface area contributed by atoms with Gasteiger partial charge in [0.15, 0.2) is 0 Å². The average molecular weight is 441 g/mol. The van der Waals surface area contributed by atoms with Gasteiger partial charge in [0.05, 0.1) is 17.7 Å². The number of benzene rings is 2. The van der Waals surface area contributed by atoms with E-state index in [0.29, 0.717) is 23.4 Å². The molecule has 8 heteroatoms. The van der Waals surface area contributed by atoms with Crippen LogP contribution in [0.1, 0.15) is 28.9 Å². The number of fused-ring (bicyclic) bond motifs is 1. The molecule has 0 unspecified atom stereocenters. The highest BCUT2D eigenvalue weighted by Crippen LogP contribution is 2.29. The lowest BCUT2D eigenvalue weighted by atomic mass is 10.1. The van der Waals surface area contributed by atoms with Gasteiger partial charge in [-0.05, 0) is 60.9 Å². The lowest BCUT2D eigenvalue weighted by Crippen LogP contribution is -2.35. The number of hydrogen-bond donors (Lipinski definition) is 1. The fraction of sp³-hybridized carbons (Fsp3) is 0.200. The van der Waals surface area contributed by atoms with Crippen LogP contribution in [0.2, 0.25) is 0 Å². The number of primary amides is 1. The van der Waals surface area contributed by atoms with Crippen LogP contribution in [0.4, 0.5) is 10.5 Å². The van der Waals surface area contributed by atoms with E-state index in [9.17, 15) is 9.59 Å². The van der Waals surface area contributed by atoms with Gasteiger partial charge in [-0.1, -0.05) is 18.2 Å². The van der Waals surface area contributed by atoms with E-state index in [2.05, 4.69) is 4.98 Å². The van der Waals surface area contributed by atoms with Crippen LogP contribution in [0.5, 0.6) is 0 Å². The van der Waals surface area contributed by atoms with Crippen LogP contribution in [-0.2, 0) is 6.54 Å². The zero-order chi connectivity index (χ0) is 22.8. The first-order valence-electron chi connectivity index (χ1n) is 10.9. The number of aromatic nitrogens is 3. The zero-order valence-electron chi connectivity index (χ0n) is 18.1. The summed E-state index contributed by atoms with van der Waals surface area (Å²) in [6.07, 6.45) is 5.37. The Morgan fingerprint density at radius 2 is 1.70 bits per heavy atom. The molecule has 5 rings (SSSR count). The first-order valence-corrected chi connectivity index (χ1v) is 10.9. The third-order valence-corrected chi connectivity index (χ3v) is 5.92. The largest absolute Gasteiger partial charge is 0.351 e. The molecule has 2 aromatic carbocycles. The number of para-hydroxylation sites is 1. The fourth-order valence-corrected chi connectivity index (χ4v) is 4.24. The maximum atomic E-state index is 13.5. The molecule has 166 valence electrons. The number of carbonyl (C=O) groups excluding carboxylic acids is 2. The summed E-state index contributed by atoms with van der Waals surface area (Å²) >= 11 is 0. The van der Waals surface area contributed by atoms with E-state index in [-0.39, 0.29) is 5.91 Å². The molecule has 3 heterocycles. The molecule has 0 saturated carbocycles. The molecule has 1 aliphatic heterocycles. The number of likely N-dealkylation sites (tertiary alicyclic amines) is 1. The van der Waals surface area contributed by atoms with Crippen LogP contribution in [0.25, 0.3) is 16.6 Å². The van der Waals surface area contributed by atoms with Crippen molar-refractivity contribution in [1.29, 1.82) is 0 Å². The summed E-state index contributed by atoms with van der Waals surface area (Å²) in [6, 6.07) is 18.2. The van der Waals surface area contributed by atoms with Crippen molar-refractivity contribution in [2.75, 3.05) is 18.0 Å². The van der Waals surface area contributed by atoms with E-state index in [1.165, 1.54) is 4.90 Å². The SMILES string of the molecule is NC(=O)N(Cc1ccncc1)c1ccc2c(C(=O)N3CCCC3)n(-c3ccccc3)nc2c1. The van der Waals surface area contributed by atoms with Gasteiger partial charge in [0, 0.05) is 36.6 Å². The minimum Gasteiger partial charge on any atom is -0.351 e. The third-order valence-electron chi connectivity index (χ3n) is 5.92. The summed E-state index contributed by atoms with van der Waals surface area (Å²) in [4.78, 5) is 33.1. The lowest BCUT2D eigenvalue weighted by Gasteiger charge is -2.20. The highest BCUT2D eigenvalue weighted by molar-refractivity contribution is 6.06. The van der Waals surface area contributed by atoms with Crippen LogP contribution in [-0.4, -0.2) is 44.7 Å². The number of nitrogens with zero attached hydrogens (tertiary/aromatic N) is 5. The molecule has 8 nitrogen and oxygen atoms in total. The summed E-state index contributed by atoms with van der Waals surface area (Å²) in [7, 11) is 0. The van der Waals surface area contributed by atoms with E-state index >= 15 is 0 Å². The quantitative estimate of drug-likeness (QED) is 0.511. The van der Waals surface area contributed by atoms with Crippen molar-refractivity contribution < 1.29 is 9.59 Å². The van der Waals surface area contributed by atoms with Gasteiger partial charge in [-0.25, -0.2) is 9.48 Å². The van der Waals surface area contributed by atoms with Crippen LogP contribution in [0.15, 0.2) is 73.1 Å². The molecule has 0 bridgehead atoms. The number of hydrogen-bond acceptors (Lipinski definition) is 4. The van der Waals surface area contributed by atoms with Crippen molar-refractivity contribution in [3.63, 3.8) is 0 Å². The molecule has 4 aromatic rings. The van der Waals surface area contributed by atoms with Gasteiger partial charge < -0.3 is 10.6 Å². The van der Waals surface area contributed by atoms with Gasteiger partial charge in [-0.3, -0.25) is 14.7 Å². The van der Waals surface area contributed by atoms with E-state index in [0.717, 1.165) is 42.6 Å². The molecule has 33 heavy (non-hydrogen) atoms. The van der Waals surface area contributed by atoms with E-state index < -0.39 is 6.03 Å². The molecule has 0 atom stereocenters. The molecular formula is C25H24N6O2. The molecule has 3 amide bonds. The fourth-order valence-electron chi connectivity index (χ4n) is 4.24. The van der Waals surface area contributed by atoms with Gasteiger partial charge in [0.1, 0.15) is 5.69 Å². The summed E-state index contributed by atoms with van der Waals surface area (Å²) in [6.45, 7) is 1.81. The zero-order valence-corrected chi connectivity index (χ0v) is 18.1. The molecule has 1 saturated heterocycles. The Bertz CT molecular complexity index is 1300. The van der Waals surface area contributed by atoms with Crippen LogP contribution in [0, 0.1) is 0 Å². The van der Waals surface area contributed by atoms with E-state index in [1.54, 1.807) is 17.1 Å². The van der Waals surface area contributed by atoms with Crippen molar-refractivity contribution in [3.05, 3.63) is 84.3 Å². The van der Waals surface area contributed by atoms with Crippen molar-refractivity contribution in [2.45, 2.75) is 19.4 Å². The van der Waals surface area contributed by atoms with Crippen molar-refractivity contribution >= 4 is 28.5 Å². The minimum absolute atomic E-state index is 0.0323. The Morgan fingerprint density at radius 1 is 0.970 bits per heavy atom. The molecular weight excluding hydrogens is 416 g/mol. The molecule has 0 spiro atoms. The number of anilines is 1. The second-order valence-electron chi connectivity index (χ2n) is 8.08. The second kappa shape index (κ2) is 8.74. The van der Waals surface area contributed by atoms with Gasteiger partial charge in [0.25, 0.3) is 5.91 Å². The Morgan fingerprint density at radius 3 is 2.39 bits per heavy atom. The predicted molar refractivity (Wildman–Crippen MR) is 126 cm³/mol. The minimum atomic E-state index is -0.568. The lowest BCUT2D eigenvalue weighted by molar-refractivity contribution is 0.0785. The number of rotatable bonds is 5. The normalized spacial score (nSPS) is 13.4. The summed E-state index contributed by atoms with van der Waals surface area (Å²) in [5, 5.41) is 5.51. The van der Waals surface area contributed by atoms with Crippen molar-refractivity contribution in [3.8, 4) is 5.69 Å². The van der Waals surface area contributed by atoms with Gasteiger partial charge in [-0.2, -0.15) is 5.10 Å². The molecule has 1 aliphatic rings. The average Bonchev–Trinajstić information content (AvgIpc) is 3.51. The third kappa shape index (κ3) is 4.03. The Hall–Kier alpha value is -4.20. The molecule has 0 radical (unpaired) electrons. The second-order valence-corrected chi connectivity index (χ2v) is 8.08. The number of pyridine rings is 1. The summed E-state index contributed by atoms with van der Waals surface area (Å²) in [5.74, 6) is -0.0323. The van der Waals surface area contributed by atoms with E-state index in [1.807, 2.05) is 65.6 Å². The van der Waals surface area contributed by atoms with Crippen molar-refractivity contribution in [1.82, 2.24) is 19.7 Å². The number of carbonyl (C=O) groups is 2. The Kier molecular flexibility index (Phi) is 5.48. The van der Waals surface area contributed by atoms with Crippen LogP contribution >= 0.6 is 0 Å². The highest BCUT2D eigenvalue weighted by Gasteiger charge is 2.27. The van der Waals surface area contributed by atoms with Gasteiger partial charge in [-0.15, -0.1) is 0 Å². The number of urea groups is 1. The molecule has 2 aromatic heterocycles. The van der Waals surface area contributed by atoms with Crippen LogP contribution < -0.4 is 10.6 Å². The summed E-state index contributed by atoms with van der Waals surface area (Å²) in [5.41, 5.74) is 9.19. The van der Waals surface area contributed by atoms with Crippen molar-refractivity contribution in [2.24, 2.45) is 5.73 Å². The van der Waals surface area contributed by atoms with Gasteiger partial charge >= 0.3 is 6.03 Å². The Labute approximate surface area is 191 Å². The monoisotopic (exact) mass is 440 g/mol. The standard InChI is InChI=1S/C25H24N6O2/c26-25(33)30(17-18-10-12-27-13-11-18)20-8-9-21-22(16-20)28-31(19-6-2-1-3-7-19)23(21)24(32)29-14-4-5-15-29/h1-3,6-13,16H,4-5,14-15,17H2,(H2,26,33).